The van der Waals surface area contributed by atoms with Gasteiger partial charge in [0, 0.05) is 18.7 Å². The van der Waals surface area contributed by atoms with Crippen LogP contribution in [-0.2, 0) is 14.4 Å². The van der Waals surface area contributed by atoms with E-state index in [2.05, 4.69) is 0 Å². The number of carbonyl (C=O) groups excluding carboxylic acids is 4. The predicted molar refractivity (Wildman–Crippen MR) is 137 cm³/mol. The van der Waals surface area contributed by atoms with Crippen LogP contribution < -0.4 is 9.64 Å². The van der Waals surface area contributed by atoms with E-state index in [4.69, 9.17) is 4.74 Å². The molecule has 0 aromatic heterocycles. The second kappa shape index (κ2) is 8.55. The van der Waals surface area contributed by atoms with E-state index in [1.165, 1.54) is 11.8 Å². The van der Waals surface area contributed by atoms with Crippen molar-refractivity contribution in [1.29, 1.82) is 0 Å². The minimum atomic E-state index is -0.855. The zero-order valence-corrected chi connectivity index (χ0v) is 20.3. The van der Waals surface area contributed by atoms with Crippen molar-refractivity contribution in [2.24, 2.45) is 11.8 Å². The number of carbonyl (C=O) groups is 4. The highest BCUT2D eigenvalue weighted by molar-refractivity contribution is 6.24. The van der Waals surface area contributed by atoms with Gasteiger partial charge >= 0.3 is 5.97 Å². The highest BCUT2D eigenvalue weighted by atomic mass is 16.5. The Labute approximate surface area is 213 Å². The van der Waals surface area contributed by atoms with E-state index in [9.17, 15) is 19.2 Å². The number of ether oxygens (including phenoxy) is 1. The molecule has 0 radical (unpaired) electrons. The van der Waals surface area contributed by atoms with Crippen LogP contribution in [0.5, 0.6) is 5.75 Å². The first-order valence-corrected chi connectivity index (χ1v) is 12.2. The van der Waals surface area contributed by atoms with Gasteiger partial charge in [-0.05, 0) is 60.5 Å². The van der Waals surface area contributed by atoms with Gasteiger partial charge in [0.25, 0.3) is 0 Å². The van der Waals surface area contributed by atoms with Crippen molar-refractivity contribution in [2.75, 3.05) is 4.90 Å². The average Bonchev–Trinajstić information content (AvgIpc) is 3.37. The molecular weight excluding hydrogens is 468 g/mol. The van der Waals surface area contributed by atoms with Crippen molar-refractivity contribution in [3.8, 4) is 5.75 Å². The summed E-state index contributed by atoms with van der Waals surface area (Å²) >= 11 is 0. The van der Waals surface area contributed by atoms with Crippen LogP contribution in [0.3, 0.4) is 0 Å². The Morgan fingerprint density at radius 1 is 0.838 bits per heavy atom. The summed E-state index contributed by atoms with van der Waals surface area (Å²) in [4.78, 5) is 56.2. The topological polar surface area (TPSA) is 84.0 Å². The second-order valence-electron chi connectivity index (χ2n) is 9.66. The number of rotatable bonds is 4. The maximum atomic E-state index is 14.0. The molecule has 37 heavy (non-hydrogen) atoms. The van der Waals surface area contributed by atoms with Gasteiger partial charge in [-0.25, -0.2) is 4.90 Å². The first-order valence-electron chi connectivity index (χ1n) is 12.2. The Bertz CT molecular complexity index is 1470. The number of imide groups is 1. The van der Waals surface area contributed by atoms with Crippen LogP contribution in [-0.4, -0.2) is 34.5 Å². The molecule has 7 nitrogen and oxygen atoms in total. The molecule has 2 saturated heterocycles. The lowest BCUT2D eigenvalue weighted by Crippen LogP contribution is -2.44. The maximum Gasteiger partial charge on any atom is 0.308 e. The summed E-state index contributed by atoms with van der Waals surface area (Å²) in [5, 5.41) is 0. The molecule has 4 unspecified atom stereocenters. The van der Waals surface area contributed by atoms with Crippen molar-refractivity contribution < 1.29 is 23.9 Å². The normalized spacial score (nSPS) is 23.5. The summed E-state index contributed by atoms with van der Waals surface area (Å²) in [6.07, 6.45) is 3.75. The van der Waals surface area contributed by atoms with Crippen LogP contribution in [0, 0.1) is 18.8 Å². The van der Waals surface area contributed by atoms with Gasteiger partial charge in [0.05, 0.1) is 23.6 Å². The van der Waals surface area contributed by atoms with Crippen molar-refractivity contribution in [3.05, 3.63) is 101 Å². The molecule has 2 amide bonds. The third kappa shape index (κ3) is 3.57. The Morgan fingerprint density at radius 3 is 2.22 bits per heavy atom. The molecule has 3 heterocycles. The molecule has 3 aromatic rings. The summed E-state index contributed by atoms with van der Waals surface area (Å²) < 4.78 is 5.09. The van der Waals surface area contributed by atoms with Crippen LogP contribution in [0.1, 0.15) is 40.0 Å². The number of Topliss-reactive ketones (excluding diaryl/α,β-unsaturated/α-hetero) is 1. The van der Waals surface area contributed by atoms with Gasteiger partial charge in [-0.15, -0.1) is 0 Å². The smallest absolute Gasteiger partial charge is 0.308 e. The standard InChI is InChI=1S/C30H24N2O5/c1-17-7-11-21(12-8-17)32-29(35)24-25(30(32)36)27(28(34)20-9-13-22(14-10-20)37-18(2)33)31-16-15-19-5-3-4-6-23(19)26(24)31/h3-16,24-27H,1-2H3. The lowest BCUT2D eigenvalue weighted by atomic mass is 9.83. The largest absolute Gasteiger partial charge is 0.427 e. The van der Waals surface area contributed by atoms with Crippen molar-refractivity contribution in [3.63, 3.8) is 0 Å². The van der Waals surface area contributed by atoms with Crippen LogP contribution in [0.25, 0.3) is 6.08 Å². The highest BCUT2D eigenvalue weighted by Crippen LogP contribution is 2.53. The molecule has 7 heteroatoms. The number of hydrogen-bond acceptors (Lipinski definition) is 6. The Morgan fingerprint density at radius 2 is 1.51 bits per heavy atom. The van der Waals surface area contributed by atoms with Gasteiger partial charge in [0.15, 0.2) is 5.78 Å². The zero-order valence-electron chi connectivity index (χ0n) is 20.3. The first kappa shape index (κ1) is 22.9. The quantitative estimate of drug-likeness (QED) is 0.234. The van der Waals surface area contributed by atoms with Crippen molar-refractivity contribution in [1.82, 2.24) is 4.90 Å². The molecule has 0 N–H and O–H groups in total. The fourth-order valence-corrected chi connectivity index (χ4v) is 5.83. The molecule has 6 rings (SSSR count). The monoisotopic (exact) mass is 492 g/mol. The lowest BCUT2D eigenvalue weighted by molar-refractivity contribution is -0.132. The zero-order chi connectivity index (χ0) is 25.8. The third-order valence-corrected chi connectivity index (χ3v) is 7.42. The second-order valence-corrected chi connectivity index (χ2v) is 9.66. The lowest BCUT2D eigenvalue weighted by Gasteiger charge is -2.35. The highest BCUT2D eigenvalue weighted by Gasteiger charge is 2.64. The number of hydrogen-bond donors (Lipinski definition) is 0. The predicted octanol–water partition coefficient (Wildman–Crippen LogP) is 4.32. The van der Waals surface area contributed by atoms with Gasteiger partial charge in [-0.2, -0.15) is 0 Å². The Hall–Kier alpha value is -4.52. The summed E-state index contributed by atoms with van der Waals surface area (Å²) in [5.74, 6) is -2.58. The minimum Gasteiger partial charge on any atom is -0.427 e. The van der Waals surface area contributed by atoms with Gasteiger partial charge in [0.1, 0.15) is 11.8 Å². The minimum absolute atomic E-state index is 0.261. The van der Waals surface area contributed by atoms with E-state index in [1.807, 2.05) is 60.5 Å². The van der Waals surface area contributed by atoms with E-state index in [-0.39, 0.29) is 17.6 Å². The van der Waals surface area contributed by atoms with Crippen molar-refractivity contribution in [2.45, 2.75) is 25.9 Å². The number of aryl methyl sites for hydroxylation is 1. The van der Waals surface area contributed by atoms with E-state index in [1.54, 1.807) is 36.4 Å². The molecule has 3 aromatic carbocycles. The van der Waals surface area contributed by atoms with Crippen LogP contribution in [0.2, 0.25) is 0 Å². The van der Waals surface area contributed by atoms with E-state index < -0.39 is 29.9 Å². The molecule has 0 spiro atoms. The molecule has 2 fully saturated rings. The number of amides is 2. The average molecular weight is 493 g/mol. The van der Waals surface area contributed by atoms with E-state index >= 15 is 0 Å². The summed E-state index contributed by atoms with van der Waals surface area (Å²) in [6, 6.07) is 20.0. The molecular formula is C30H24N2O5. The van der Waals surface area contributed by atoms with E-state index in [0.29, 0.717) is 17.0 Å². The number of fused-ring (bicyclic) bond motifs is 5. The van der Waals surface area contributed by atoms with Crippen LogP contribution in [0.15, 0.2) is 79.0 Å². The number of ketones is 1. The number of benzene rings is 3. The number of esters is 1. The third-order valence-electron chi connectivity index (χ3n) is 7.42. The van der Waals surface area contributed by atoms with Crippen LogP contribution >= 0.6 is 0 Å². The molecule has 0 aliphatic carbocycles. The Balaban J connectivity index is 1.44. The van der Waals surface area contributed by atoms with Gasteiger partial charge in [-0.3, -0.25) is 19.2 Å². The van der Waals surface area contributed by atoms with E-state index in [0.717, 1.165) is 16.7 Å². The molecule has 0 saturated carbocycles. The van der Waals surface area contributed by atoms with Gasteiger partial charge in [-0.1, -0.05) is 42.0 Å². The molecule has 4 atom stereocenters. The van der Waals surface area contributed by atoms with Gasteiger partial charge < -0.3 is 9.64 Å². The van der Waals surface area contributed by atoms with Crippen LogP contribution in [0.4, 0.5) is 5.69 Å². The molecule has 3 aliphatic heterocycles. The Kier molecular flexibility index (Phi) is 5.30. The number of nitrogens with zero attached hydrogens (tertiary/aromatic N) is 2. The molecule has 184 valence electrons. The summed E-state index contributed by atoms with van der Waals surface area (Å²) in [6.45, 7) is 3.25. The SMILES string of the molecule is CC(=O)Oc1ccc(C(=O)C2C3C(=O)N(c4ccc(C)cc4)C(=O)C3C3c4ccccc4C=CN23)cc1. The molecule has 0 bridgehead atoms. The fraction of sp³-hybridized carbons (Fsp3) is 0.200. The van der Waals surface area contributed by atoms with Gasteiger partial charge in [0.2, 0.25) is 11.8 Å². The summed E-state index contributed by atoms with van der Waals surface area (Å²) in [5.41, 5.74) is 3.80. The fourth-order valence-electron chi connectivity index (χ4n) is 5.83. The first-order chi connectivity index (χ1) is 17.8. The maximum absolute atomic E-state index is 14.0. The number of anilines is 1. The van der Waals surface area contributed by atoms with Crippen molar-refractivity contribution >= 4 is 35.3 Å². The molecule has 3 aliphatic rings. The summed E-state index contributed by atoms with van der Waals surface area (Å²) in [7, 11) is 0.